The molecule has 1 nitrogen and oxygen atoms in total. The minimum Gasteiger partial charge on any atom is -0.293 e. The van der Waals surface area contributed by atoms with Gasteiger partial charge < -0.3 is 0 Å². The minimum atomic E-state index is 0.218. The third kappa shape index (κ3) is 2.49. The minimum absolute atomic E-state index is 0.218. The topological polar surface area (TPSA) is 17.1 Å². The zero-order valence-corrected chi connectivity index (χ0v) is 11.5. The first-order valence-electron chi connectivity index (χ1n) is 7.10. The van der Waals surface area contributed by atoms with Gasteiger partial charge >= 0.3 is 0 Å². The summed E-state index contributed by atoms with van der Waals surface area (Å²) in [5.41, 5.74) is 2.33. The van der Waals surface area contributed by atoms with Crippen molar-refractivity contribution in [1.82, 2.24) is 0 Å². The van der Waals surface area contributed by atoms with Crippen molar-refractivity contribution in [3.05, 3.63) is 35.4 Å². The van der Waals surface area contributed by atoms with Crippen LogP contribution in [0, 0.1) is 0 Å². The van der Waals surface area contributed by atoms with E-state index < -0.39 is 0 Å². The second-order valence-corrected chi connectivity index (χ2v) is 6.78. The number of Topliss-reactive ketones (excluding diaryl/α,β-unsaturated/α-hetero) is 1. The Morgan fingerprint density at radius 2 is 2.00 bits per heavy atom. The van der Waals surface area contributed by atoms with E-state index in [1.807, 2.05) is 17.8 Å². The van der Waals surface area contributed by atoms with E-state index in [1.165, 1.54) is 37.7 Å². The summed E-state index contributed by atoms with van der Waals surface area (Å²) in [4.78, 5) is 12.5. The van der Waals surface area contributed by atoms with E-state index in [2.05, 4.69) is 18.2 Å². The van der Waals surface area contributed by atoms with Gasteiger partial charge in [0, 0.05) is 5.56 Å². The lowest BCUT2D eigenvalue weighted by molar-refractivity contribution is 0.0984. The highest BCUT2D eigenvalue weighted by Crippen LogP contribution is 2.37. The van der Waals surface area contributed by atoms with Crippen molar-refractivity contribution in [2.24, 2.45) is 0 Å². The molecule has 0 N–H and O–H groups in total. The molecule has 1 aliphatic heterocycles. The fraction of sp³-hybridized carbons (Fsp3) is 0.562. The molecule has 1 heterocycles. The number of rotatable bonds is 3. The SMILES string of the molecule is O=C(c1cccc(C2CCC2)c1)C1CCCCS1. The lowest BCUT2D eigenvalue weighted by atomic mass is 9.79. The van der Waals surface area contributed by atoms with Crippen molar-refractivity contribution in [3.8, 4) is 0 Å². The third-order valence-corrected chi connectivity index (χ3v) is 5.60. The van der Waals surface area contributed by atoms with E-state index in [-0.39, 0.29) is 5.25 Å². The zero-order valence-electron chi connectivity index (χ0n) is 10.7. The van der Waals surface area contributed by atoms with Gasteiger partial charge in [0.05, 0.1) is 5.25 Å². The van der Waals surface area contributed by atoms with Gasteiger partial charge in [-0.3, -0.25) is 4.79 Å². The Morgan fingerprint density at radius 1 is 1.11 bits per heavy atom. The van der Waals surface area contributed by atoms with Crippen LogP contribution in [0.4, 0.5) is 0 Å². The molecule has 1 saturated carbocycles. The van der Waals surface area contributed by atoms with Crippen LogP contribution >= 0.6 is 11.8 Å². The number of hydrogen-bond donors (Lipinski definition) is 0. The first-order valence-corrected chi connectivity index (χ1v) is 8.15. The van der Waals surface area contributed by atoms with Crippen LogP contribution in [0.15, 0.2) is 24.3 Å². The Bertz CT molecular complexity index is 430. The summed E-state index contributed by atoms with van der Waals surface area (Å²) >= 11 is 1.85. The smallest absolute Gasteiger partial charge is 0.175 e. The van der Waals surface area contributed by atoms with Gasteiger partial charge in [0.25, 0.3) is 0 Å². The number of benzene rings is 1. The molecule has 0 bridgehead atoms. The summed E-state index contributed by atoms with van der Waals surface area (Å²) in [6.45, 7) is 0. The summed E-state index contributed by atoms with van der Waals surface area (Å²) in [5.74, 6) is 2.23. The molecule has 18 heavy (non-hydrogen) atoms. The van der Waals surface area contributed by atoms with Crippen molar-refractivity contribution in [1.29, 1.82) is 0 Å². The fourth-order valence-electron chi connectivity index (χ4n) is 2.82. The molecule has 0 amide bonds. The standard InChI is InChI=1S/C16H20OS/c17-16(15-9-1-2-10-18-15)14-8-4-7-13(11-14)12-5-3-6-12/h4,7-8,11-12,15H,1-3,5-6,9-10H2. The maximum Gasteiger partial charge on any atom is 0.175 e. The summed E-state index contributed by atoms with van der Waals surface area (Å²) in [5, 5.41) is 0.218. The molecule has 1 saturated heterocycles. The van der Waals surface area contributed by atoms with Crippen molar-refractivity contribution in [2.75, 3.05) is 5.75 Å². The maximum absolute atomic E-state index is 12.5. The molecule has 2 heteroatoms. The van der Waals surface area contributed by atoms with E-state index in [4.69, 9.17) is 0 Å². The molecule has 1 unspecified atom stereocenters. The molecule has 1 aromatic carbocycles. The molecule has 0 spiro atoms. The Morgan fingerprint density at radius 3 is 2.67 bits per heavy atom. The Labute approximate surface area is 113 Å². The highest BCUT2D eigenvalue weighted by Gasteiger charge is 2.24. The first-order chi connectivity index (χ1) is 8.84. The van der Waals surface area contributed by atoms with Crippen LogP contribution in [0.25, 0.3) is 0 Å². The molecular formula is C16H20OS. The van der Waals surface area contributed by atoms with Gasteiger partial charge in [0.1, 0.15) is 0 Å². The average Bonchev–Trinajstić information content (AvgIpc) is 2.37. The lowest BCUT2D eigenvalue weighted by Gasteiger charge is -2.26. The Balaban J connectivity index is 1.75. The quantitative estimate of drug-likeness (QED) is 0.748. The highest BCUT2D eigenvalue weighted by atomic mass is 32.2. The van der Waals surface area contributed by atoms with E-state index in [9.17, 15) is 4.79 Å². The number of thioether (sulfide) groups is 1. The molecule has 1 aliphatic carbocycles. The van der Waals surface area contributed by atoms with Crippen molar-refractivity contribution >= 4 is 17.5 Å². The van der Waals surface area contributed by atoms with Crippen LogP contribution in [-0.2, 0) is 0 Å². The predicted octanol–water partition coefficient (Wildman–Crippen LogP) is 4.42. The molecule has 1 atom stereocenters. The fourth-order valence-corrected chi connectivity index (χ4v) is 4.10. The zero-order chi connectivity index (χ0) is 12.4. The van der Waals surface area contributed by atoms with Crippen LogP contribution < -0.4 is 0 Å². The molecular weight excluding hydrogens is 240 g/mol. The monoisotopic (exact) mass is 260 g/mol. The first kappa shape index (κ1) is 12.3. The van der Waals surface area contributed by atoms with Gasteiger partial charge in [-0.25, -0.2) is 0 Å². The van der Waals surface area contributed by atoms with Crippen molar-refractivity contribution in [3.63, 3.8) is 0 Å². The van der Waals surface area contributed by atoms with Gasteiger partial charge in [0.2, 0.25) is 0 Å². The van der Waals surface area contributed by atoms with Crippen LogP contribution in [0.1, 0.15) is 60.4 Å². The summed E-state index contributed by atoms with van der Waals surface area (Å²) < 4.78 is 0. The van der Waals surface area contributed by atoms with Gasteiger partial charge in [-0.2, -0.15) is 11.8 Å². The molecule has 3 rings (SSSR count). The van der Waals surface area contributed by atoms with Gasteiger partial charge in [-0.1, -0.05) is 31.0 Å². The predicted molar refractivity (Wildman–Crippen MR) is 77.5 cm³/mol. The van der Waals surface area contributed by atoms with E-state index in [1.54, 1.807) is 0 Å². The van der Waals surface area contributed by atoms with E-state index in [0.717, 1.165) is 23.7 Å². The maximum atomic E-state index is 12.5. The largest absolute Gasteiger partial charge is 0.293 e. The van der Waals surface area contributed by atoms with Gasteiger partial charge in [-0.15, -0.1) is 0 Å². The van der Waals surface area contributed by atoms with Crippen molar-refractivity contribution < 1.29 is 4.79 Å². The average molecular weight is 260 g/mol. The van der Waals surface area contributed by atoms with E-state index in [0.29, 0.717) is 5.78 Å². The highest BCUT2D eigenvalue weighted by molar-refractivity contribution is 8.00. The summed E-state index contributed by atoms with van der Waals surface area (Å²) in [7, 11) is 0. The Kier molecular flexibility index (Phi) is 3.74. The normalized spacial score (nSPS) is 24.6. The molecule has 0 radical (unpaired) electrons. The third-order valence-electron chi connectivity index (χ3n) is 4.22. The Hall–Kier alpha value is -0.760. The number of carbonyl (C=O) groups excluding carboxylic acids is 1. The molecule has 2 fully saturated rings. The number of ketones is 1. The van der Waals surface area contributed by atoms with Crippen LogP contribution in [0.3, 0.4) is 0 Å². The molecule has 2 aliphatic rings. The summed E-state index contributed by atoms with van der Waals surface area (Å²) in [6, 6.07) is 8.41. The number of hydrogen-bond acceptors (Lipinski definition) is 2. The van der Waals surface area contributed by atoms with Gasteiger partial charge in [0.15, 0.2) is 5.78 Å². The molecule has 0 aromatic heterocycles. The molecule has 1 aromatic rings. The lowest BCUT2D eigenvalue weighted by Crippen LogP contribution is -2.21. The van der Waals surface area contributed by atoms with Crippen molar-refractivity contribution in [2.45, 2.75) is 49.7 Å². The van der Waals surface area contributed by atoms with Crippen LogP contribution in [0.5, 0.6) is 0 Å². The second-order valence-electron chi connectivity index (χ2n) is 5.47. The second kappa shape index (κ2) is 5.48. The van der Waals surface area contributed by atoms with Gasteiger partial charge in [-0.05, 0) is 49.0 Å². The van der Waals surface area contributed by atoms with Crippen LogP contribution in [-0.4, -0.2) is 16.8 Å². The number of carbonyl (C=O) groups is 1. The van der Waals surface area contributed by atoms with Crippen LogP contribution in [0.2, 0.25) is 0 Å². The summed E-state index contributed by atoms with van der Waals surface area (Å²) in [6.07, 6.45) is 7.51. The van der Waals surface area contributed by atoms with E-state index >= 15 is 0 Å². The molecule has 96 valence electrons.